The van der Waals surface area contributed by atoms with Crippen molar-refractivity contribution in [2.24, 2.45) is 0 Å². The van der Waals surface area contributed by atoms with Gasteiger partial charge in [0.2, 0.25) is 0 Å². The SMILES string of the molecule is Cc1ccc(-c2c(-c3ccc(C(=O)N4CCN(C)CC4)cc3)cnc3[nH]c4ccc(N(C)S(=O)(=O)c5cccs5)cc4c23)cc1. The number of anilines is 1. The minimum Gasteiger partial charge on any atom is -0.339 e. The Labute approximate surface area is 266 Å². The molecular formula is C35H33N5O3S2. The minimum atomic E-state index is -3.70. The molecule has 0 radical (unpaired) electrons. The molecule has 1 saturated heterocycles. The third-order valence-corrected chi connectivity index (χ3v) is 11.8. The number of nitrogens with zero attached hydrogens (tertiary/aromatic N) is 4. The van der Waals surface area contributed by atoms with E-state index in [4.69, 9.17) is 4.98 Å². The van der Waals surface area contributed by atoms with Crippen molar-refractivity contribution in [2.45, 2.75) is 11.1 Å². The fourth-order valence-corrected chi connectivity index (χ4v) is 8.30. The van der Waals surface area contributed by atoms with Crippen molar-refractivity contribution >= 4 is 54.9 Å². The number of H-pyrrole nitrogens is 1. The Bertz CT molecular complexity index is 2130. The third-order valence-electron chi connectivity index (χ3n) is 8.65. The standard InChI is InChI=1S/C35H33N5O3S2/c1-23-6-8-25(9-7-23)32-29(24-10-12-26(13-11-24)35(41)40-18-16-38(2)17-19-40)22-36-34-33(32)28-21-27(14-15-30(28)37-34)39(3)45(42,43)31-5-4-20-44-31/h4-15,20-22H,16-19H2,1-3H3,(H,36,37). The Morgan fingerprint density at radius 2 is 1.64 bits per heavy atom. The zero-order valence-electron chi connectivity index (χ0n) is 25.3. The summed E-state index contributed by atoms with van der Waals surface area (Å²) in [6, 6.07) is 25.2. The number of aryl methyl sites for hydroxylation is 1. The highest BCUT2D eigenvalue weighted by molar-refractivity contribution is 7.94. The second-order valence-corrected chi connectivity index (χ2v) is 14.7. The van der Waals surface area contributed by atoms with Crippen molar-refractivity contribution in [3.63, 3.8) is 0 Å². The number of aromatic amines is 1. The van der Waals surface area contributed by atoms with Crippen LogP contribution in [-0.4, -0.2) is 74.4 Å². The van der Waals surface area contributed by atoms with E-state index in [1.807, 2.05) is 53.6 Å². The predicted octanol–water partition coefficient (Wildman–Crippen LogP) is 6.63. The van der Waals surface area contributed by atoms with E-state index in [-0.39, 0.29) is 5.91 Å². The predicted molar refractivity (Wildman–Crippen MR) is 183 cm³/mol. The van der Waals surface area contributed by atoms with Crippen molar-refractivity contribution in [1.29, 1.82) is 0 Å². The number of sulfonamides is 1. The van der Waals surface area contributed by atoms with E-state index < -0.39 is 10.0 Å². The molecule has 6 aromatic rings. The van der Waals surface area contributed by atoms with Crippen LogP contribution >= 0.6 is 11.3 Å². The quantitative estimate of drug-likeness (QED) is 0.222. The highest BCUT2D eigenvalue weighted by Gasteiger charge is 2.25. The summed E-state index contributed by atoms with van der Waals surface area (Å²) >= 11 is 1.20. The highest BCUT2D eigenvalue weighted by Crippen LogP contribution is 2.42. The lowest BCUT2D eigenvalue weighted by molar-refractivity contribution is 0.0664. The Morgan fingerprint density at radius 1 is 0.933 bits per heavy atom. The summed E-state index contributed by atoms with van der Waals surface area (Å²) in [6.45, 7) is 5.25. The van der Waals surface area contributed by atoms with E-state index in [9.17, 15) is 13.2 Å². The lowest BCUT2D eigenvalue weighted by atomic mass is 9.92. The minimum absolute atomic E-state index is 0.0489. The zero-order valence-corrected chi connectivity index (χ0v) is 27.0. The summed E-state index contributed by atoms with van der Waals surface area (Å²) in [5.74, 6) is 0.0489. The molecule has 1 fully saturated rings. The summed E-state index contributed by atoms with van der Waals surface area (Å²) in [5, 5.41) is 3.55. The molecule has 0 bridgehead atoms. The maximum Gasteiger partial charge on any atom is 0.273 e. The summed E-state index contributed by atoms with van der Waals surface area (Å²) in [5.41, 5.74) is 7.84. The van der Waals surface area contributed by atoms with E-state index in [1.165, 1.54) is 15.6 Å². The topological polar surface area (TPSA) is 89.6 Å². The van der Waals surface area contributed by atoms with Gasteiger partial charge in [0.25, 0.3) is 15.9 Å². The number of rotatable bonds is 6. The number of nitrogens with one attached hydrogen (secondary N) is 1. The second-order valence-electron chi connectivity index (χ2n) is 11.6. The molecule has 0 saturated carbocycles. The first-order valence-electron chi connectivity index (χ1n) is 14.8. The molecule has 3 aromatic carbocycles. The maximum atomic E-state index is 13.4. The molecule has 1 N–H and O–H groups in total. The molecule has 0 spiro atoms. The van der Waals surface area contributed by atoms with Crippen molar-refractivity contribution in [3.8, 4) is 22.3 Å². The first kappa shape index (κ1) is 29.2. The van der Waals surface area contributed by atoms with Crippen LogP contribution in [0.4, 0.5) is 5.69 Å². The summed E-state index contributed by atoms with van der Waals surface area (Å²) in [7, 11) is -0.0411. The van der Waals surface area contributed by atoms with Gasteiger partial charge in [-0.05, 0) is 66.9 Å². The molecular weight excluding hydrogens is 603 g/mol. The molecule has 8 nitrogen and oxygen atoms in total. The van der Waals surface area contributed by atoms with Crippen LogP contribution in [0.1, 0.15) is 15.9 Å². The zero-order chi connectivity index (χ0) is 31.3. The molecule has 10 heteroatoms. The molecule has 1 aliphatic rings. The maximum absolute atomic E-state index is 13.4. The molecule has 45 heavy (non-hydrogen) atoms. The normalized spacial score (nSPS) is 14.3. The Hall–Kier alpha value is -4.51. The number of piperazine rings is 1. The lowest BCUT2D eigenvalue weighted by Gasteiger charge is -2.32. The number of likely N-dealkylation sites (N-methyl/N-ethyl adjacent to an activating group) is 1. The summed E-state index contributed by atoms with van der Waals surface area (Å²) in [4.78, 5) is 25.7. The van der Waals surface area contributed by atoms with Gasteiger partial charge < -0.3 is 14.8 Å². The van der Waals surface area contributed by atoms with E-state index in [2.05, 4.69) is 48.1 Å². The number of aromatic nitrogens is 2. The Morgan fingerprint density at radius 3 is 2.33 bits per heavy atom. The highest BCUT2D eigenvalue weighted by atomic mass is 32.2. The smallest absolute Gasteiger partial charge is 0.273 e. The largest absolute Gasteiger partial charge is 0.339 e. The lowest BCUT2D eigenvalue weighted by Crippen LogP contribution is -2.47. The van der Waals surface area contributed by atoms with Crippen LogP contribution in [0, 0.1) is 6.92 Å². The Balaban J connectivity index is 1.36. The van der Waals surface area contributed by atoms with Gasteiger partial charge in [-0.1, -0.05) is 48.0 Å². The van der Waals surface area contributed by atoms with Gasteiger partial charge >= 0.3 is 0 Å². The number of fused-ring (bicyclic) bond motifs is 3. The van der Waals surface area contributed by atoms with Crippen LogP contribution in [0.2, 0.25) is 0 Å². The van der Waals surface area contributed by atoms with Crippen molar-refractivity contribution < 1.29 is 13.2 Å². The van der Waals surface area contributed by atoms with Crippen LogP contribution in [0.3, 0.4) is 0 Å². The van der Waals surface area contributed by atoms with Crippen molar-refractivity contribution in [2.75, 3.05) is 44.6 Å². The van der Waals surface area contributed by atoms with Gasteiger partial charge in [0.15, 0.2) is 0 Å². The van der Waals surface area contributed by atoms with Crippen molar-refractivity contribution in [3.05, 3.63) is 102 Å². The number of hydrogen-bond donors (Lipinski definition) is 1. The van der Waals surface area contributed by atoms with Gasteiger partial charge in [-0.2, -0.15) is 0 Å². The summed E-state index contributed by atoms with van der Waals surface area (Å²) in [6.07, 6.45) is 1.87. The van der Waals surface area contributed by atoms with Crippen LogP contribution in [0.25, 0.3) is 44.2 Å². The molecule has 0 unspecified atom stereocenters. The molecule has 0 atom stereocenters. The number of pyridine rings is 1. The van der Waals surface area contributed by atoms with Crippen molar-refractivity contribution in [1.82, 2.24) is 19.8 Å². The van der Waals surface area contributed by atoms with Gasteiger partial charge in [0.05, 0.1) is 5.69 Å². The van der Waals surface area contributed by atoms with Gasteiger partial charge in [-0.15, -0.1) is 11.3 Å². The number of thiophene rings is 1. The monoisotopic (exact) mass is 635 g/mol. The average Bonchev–Trinajstić information content (AvgIpc) is 3.74. The molecule has 1 aliphatic heterocycles. The number of carbonyl (C=O) groups is 1. The van der Waals surface area contributed by atoms with E-state index in [0.717, 1.165) is 70.3 Å². The molecule has 0 aliphatic carbocycles. The first-order valence-corrected chi connectivity index (χ1v) is 17.1. The van der Waals surface area contributed by atoms with E-state index >= 15 is 0 Å². The molecule has 3 aromatic heterocycles. The van der Waals surface area contributed by atoms with E-state index in [1.54, 1.807) is 24.6 Å². The third kappa shape index (κ3) is 5.28. The van der Waals surface area contributed by atoms with Gasteiger partial charge in [0, 0.05) is 72.4 Å². The number of benzene rings is 3. The van der Waals surface area contributed by atoms with Crippen LogP contribution in [-0.2, 0) is 10.0 Å². The summed E-state index contributed by atoms with van der Waals surface area (Å²) < 4.78 is 28.4. The van der Waals surface area contributed by atoms with Crippen LogP contribution in [0.15, 0.2) is 94.6 Å². The van der Waals surface area contributed by atoms with Gasteiger partial charge in [-0.25, -0.2) is 13.4 Å². The van der Waals surface area contributed by atoms with Gasteiger partial charge in [-0.3, -0.25) is 9.10 Å². The fourth-order valence-electron chi connectivity index (χ4n) is 5.95. The molecule has 1 amide bonds. The first-order chi connectivity index (χ1) is 21.7. The van der Waals surface area contributed by atoms with E-state index in [0.29, 0.717) is 21.1 Å². The second kappa shape index (κ2) is 11.4. The van der Waals surface area contributed by atoms with Crippen LogP contribution in [0.5, 0.6) is 0 Å². The molecule has 228 valence electrons. The number of amides is 1. The number of carbonyl (C=O) groups excluding carboxylic acids is 1. The fraction of sp³-hybridized carbons (Fsp3) is 0.200. The Kier molecular flexibility index (Phi) is 7.43. The average molecular weight is 636 g/mol. The number of hydrogen-bond acceptors (Lipinski definition) is 6. The molecule has 7 rings (SSSR count). The molecule has 4 heterocycles. The van der Waals surface area contributed by atoms with Crippen LogP contribution < -0.4 is 4.31 Å². The van der Waals surface area contributed by atoms with Gasteiger partial charge in [0.1, 0.15) is 9.86 Å².